The molecule has 1 rings (SSSR count). The molecule has 0 spiro atoms. The van der Waals surface area contributed by atoms with Crippen molar-refractivity contribution in [1.82, 2.24) is 0 Å². The zero-order valence-electron chi connectivity index (χ0n) is 9.14. The predicted octanol–water partition coefficient (Wildman–Crippen LogP) is 2.75. The summed E-state index contributed by atoms with van der Waals surface area (Å²) in [4.78, 5) is 15.0. The summed E-state index contributed by atoms with van der Waals surface area (Å²) in [7, 11) is 0. The Morgan fingerprint density at radius 3 is 2.50 bits per heavy atom. The summed E-state index contributed by atoms with van der Waals surface area (Å²) in [6.07, 6.45) is 1.31. The maximum atomic E-state index is 11.2. The molecule has 0 saturated carbocycles. The van der Waals surface area contributed by atoms with Crippen LogP contribution in [0, 0.1) is 0 Å². The lowest BCUT2D eigenvalue weighted by Gasteiger charge is -2.08. The zero-order chi connectivity index (χ0) is 12.0. The minimum absolute atomic E-state index is 0.175. The van der Waals surface area contributed by atoms with Gasteiger partial charge in [-0.2, -0.15) is 0 Å². The Balaban J connectivity index is 2.90. The van der Waals surface area contributed by atoms with Gasteiger partial charge in [-0.1, -0.05) is 31.4 Å². The maximum Gasteiger partial charge on any atom is 0.229 e. The first kappa shape index (κ1) is 11.9. The lowest BCUT2D eigenvalue weighted by atomic mass is 10.2. The van der Waals surface area contributed by atoms with Gasteiger partial charge in [0, 0.05) is 6.20 Å². The molecule has 0 aliphatic heterocycles. The van der Waals surface area contributed by atoms with Crippen molar-refractivity contribution in [2.45, 2.75) is 6.92 Å². The second kappa shape index (κ2) is 5.66. The molecule has 82 valence electrons. The van der Waals surface area contributed by atoms with Crippen LogP contribution in [0.3, 0.4) is 0 Å². The number of benzene rings is 1. The van der Waals surface area contributed by atoms with Gasteiger partial charge in [-0.3, -0.25) is 4.79 Å². The molecule has 0 heterocycles. The lowest BCUT2D eigenvalue weighted by Crippen LogP contribution is -2.15. The summed E-state index contributed by atoms with van der Waals surface area (Å²) in [5.74, 6) is 0.593. The van der Waals surface area contributed by atoms with E-state index in [4.69, 9.17) is 4.74 Å². The predicted molar refractivity (Wildman–Crippen MR) is 64.5 cm³/mol. The number of aliphatic imine (C=N–C) groups is 1. The first-order chi connectivity index (χ1) is 7.65. The largest absolute Gasteiger partial charge is 0.438 e. The van der Waals surface area contributed by atoms with Crippen LogP contribution in [-0.4, -0.2) is 11.7 Å². The molecule has 0 atom stereocenters. The Hall–Kier alpha value is -2.16. The Labute approximate surface area is 94.8 Å². The molecule has 0 aliphatic carbocycles. The number of ketones is 1. The molecule has 0 radical (unpaired) electrons. The van der Waals surface area contributed by atoms with Gasteiger partial charge >= 0.3 is 0 Å². The number of carbonyl (C=O) groups is 1. The van der Waals surface area contributed by atoms with Crippen molar-refractivity contribution < 1.29 is 9.53 Å². The number of ether oxygens (including phenoxy) is 1. The number of nitrogens with zero attached hydrogens (tertiary/aromatic N) is 1. The Morgan fingerprint density at radius 2 is 2.00 bits per heavy atom. The van der Waals surface area contributed by atoms with Gasteiger partial charge < -0.3 is 4.74 Å². The van der Waals surface area contributed by atoms with Crippen molar-refractivity contribution in [3.63, 3.8) is 0 Å². The normalized spacial score (nSPS) is 10.7. The third-order valence-electron chi connectivity index (χ3n) is 1.85. The van der Waals surface area contributed by atoms with Gasteiger partial charge in [-0.15, -0.1) is 0 Å². The highest BCUT2D eigenvalue weighted by molar-refractivity contribution is 6.18. The smallest absolute Gasteiger partial charge is 0.229 e. The van der Waals surface area contributed by atoms with Crippen LogP contribution in [0.5, 0.6) is 5.75 Å². The van der Waals surface area contributed by atoms with Crippen molar-refractivity contribution in [3.8, 4) is 5.75 Å². The summed E-state index contributed by atoms with van der Waals surface area (Å²) in [5, 5.41) is 0. The van der Waals surface area contributed by atoms with E-state index in [1.165, 1.54) is 13.1 Å². The molecule has 0 aliphatic rings. The third-order valence-corrected chi connectivity index (χ3v) is 1.85. The van der Waals surface area contributed by atoms with Crippen molar-refractivity contribution in [1.29, 1.82) is 0 Å². The number of Topliss-reactive ketones (excluding diaryl/α,β-unsaturated/α-hetero) is 1. The van der Waals surface area contributed by atoms with Crippen LogP contribution in [0.2, 0.25) is 0 Å². The van der Waals surface area contributed by atoms with Gasteiger partial charge in [-0.05, 0) is 19.1 Å². The van der Waals surface area contributed by atoms with Crippen LogP contribution < -0.4 is 4.74 Å². The van der Waals surface area contributed by atoms with Crippen LogP contribution in [0.15, 0.2) is 60.3 Å². The van der Waals surface area contributed by atoms with E-state index in [-0.39, 0.29) is 17.3 Å². The van der Waals surface area contributed by atoms with Crippen molar-refractivity contribution in [3.05, 3.63) is 55.3 Å². The second-order valence-electron chi connectivity index (χ2n) is 3.07. The van der Waals surface area contributed by atoms with E-state index in [0.717, 1.165) is 0 Å². The van der Waals surface area contributed by atoms with Gasteiger partial charge in [0.25, 0.3) is 0 Å². The summed E-state index contributed by atoms with van der Waals surface area (Å²) in [5.41, 5.74) is 0.226. The Morgan fingerprint density at radius 1 is 1.38 bits per heavy atom. The summed E-state index contributed by atoms with van der Waals surface area (Å²) in [6.45, 7) is 8.49. The molecule has 16 heavy (non-hydrogen) atoms. The highest BCUT2D eigenvalue weighted by atomic mass is 16.5. The molecule has 1 aromatic rings. The average Bonchev–Trinajstić information content (AvgIpc) is 2.29. The van der Waals surface area contributed by atoms with E-state index in [2.05, 4.69) is 18.2 Å². The second-order valence-corrected chi connectivity index (χ2v) is 3.07. The van der Waals surface area contributed by atoms with Crippen LogP contribution >= 0.6 is 0 Å². The Bertz CT molecular complexity index is 433. The number of hydrogen-bond donors (Lipinski definition) is 0. The molecule has 0 aromatic heterocycles. The fourth-order valence-corrected chi connectivity index (χ4v) is 1.000. The first-order valence-electron chi connectivity index (χ1n) is 4.77. The number of hydrogen-bond acceptors (Lipinski definition) is 3. The highest BCUT2D eigenvalue weighted by Gasteiger charge is 2.11. The number of para-hydroxylation sites is 1. The highest BCUT2D eigenvalue weighted by Crippen LogP contribution is 2.11. The fraction of sp³-hybridized carbons (Fsp3) is 0.0769. The van der Waals surface area contributed by atoms with Gasteiger partial charge in [0.15, 0.2) is 5.78 Å². The molecule has 0 N–H and O–H groups in total. The third kappa shape index (κ3) is 3.20. The van der Waals surface area contributed by atoms with Gasteiger partial charge in [0.1, 0.15) is 5.75 Å². The Kier molecular flexibility index (Phi) is 4.21. The molecular weight excluding hydrogens is 202 g/mol. The molecule has 0 saturated heterocycles. The molecule has 3 heteroatoms. The van der Waals surface area contributed by atoms with E-state index in [1.54, 1.807) is 12.1 Å². The molecule has 0 bridgehead atoms. The number of rotatable bonds is 4. The van der Waals surface area contributed by atoms with Gasteiger partial charge in [0.05, 0.1) is 5.57 Å². The zero-order valence-corrected chi connectivity index (χ0v) is 9.14. The molecule has 3 nitrogen and oxygen atoms in total. The standard InChI is InChI=1S/C13H13NO2/c1-4-14-13(10(2)11(3)15)16-12-8-6-5-7-9-12/h4-9H,1-2H2,3H3. The fourth-order valence-electron chi connectivity index (χ4n) is 1.000. The van der Waals surface area contributed by atoms with Crippen LogP contribution in [0.1, 0.15) is 6.92 Å². The summed E-state index contributed by atoms with van der Waals surface area (Å²) >= 11 is 0. The van der Waals surface area contributed by atoms with E-state index in [9.17, 15) is 4.79 Å². The summed E-state index contributed by atoms with van der Waals surface area (Å²) in [6, 6.07) is 9.07. The van der Waals surface area contributed by atoms with E-state index >= 15 is 0 Å². The lowest BCUT2D eigenvalue weighted by molar-refractivity contribution is -0.113. The van der Waals surface area contributed by atoms with Crippen LogP contribution in [-0.2, 0) is 4.79 Å². The SMILES string of the molecule is C=CN=C(Oc1ccccc1)C(=C)C(C)=O. The molecular formula is C13H13NO2. The number of carbonyl (C=O) groups excluding carboxylic acids is 1. The van der Waals surface area contributed by atoms with Gasteiger partial charge in [0.2, 0.25) is 5.90 Å². The summed E-state index contributed by atoms with van der Waals surface area (Å²) < 4.78 is 5.44. The maximum absolute atomic E-state index is 11.2. The molecule has 1 aromatic carbocycles. The topological polar surface area (TPSA) is 38.7 Å². The quantitative estimate of drug-likeness (QED) is 0.440. The first-order valence-corrected chi connectivity index (χ1v) is 4.77. The molecule has 0 fully saturated rings. The van der Waals surface area contributed by atoms with Crippen LogP contribution in [0.25, 0.3) is 0 Å². The van der Waals surface area contributed by atoms with Crippen molar-refractivity contribution >= 4 is 11.7 Å². The van der Waals surface area contributed by atoms with E-state index < -0.39 is 0 Å². The minimum atomic E-state index is -0.184. The molecule has 0 unspecified atom stereocenters. The van der Waals surface area contributed by atoms with E-state index in [1.807, 2.05) is 18.2 Å². The average molecular weight is 215 g/mol. The van der Waals surface area contributed by atoms with E-state index in [0.29, 0.717) is 5.75 Å². The van der Waals surface area contributed by atoms with Crippen LogP contribution in [0.4, 0.5) is 0 Å². The van der Waals surface area contributed by atoms with Gasteiger partial charge in [-0.25, -0.2) is 4.99 Å². The molecule has 0 amide bonds. The minimum Gasteiger partial charge on any atom is -0.438 e. The monoisotopic (exact) mass is 215 g/mol. The van der Waals surface area contributed by atoms with Crippen molar-refractivity contribution in [2.24, 2.45) is 4.99 Å². The van der Waals surface area contributed by atoms with Crippen molar-refractivity contribution in [2.75, 3.05) is 0 Å².